The summed E-state index contributed by atoms with van der Waals surface area (Å²) in [5.41, 5.74) is 4.21. The average Bonchev–Trinajstić information content (AvgIpc) is 3.02. The van der Waals surface area contributed by atoms with Crippen molar-refractivity contribution in [2.75, 3.05) is 6.54 Å². The second kappa shape index (κ2) is 14.0. The van der Waals surface area contributed by atoms with Gasteiger partial charge in [0.25, 0.3) is 5.91 Å². The SMILES string of the molecule is CC(C)c1ccc(C(=CC(=O)c2ccc(C3CCCCC3)cc2)C(=O)c2ccc(C(=O)NC[C@@H](O)C(=O)O)cc2)cc1. The number of carbonyl (C=O) groups excluding carboxylic acids is 3. The third-order valence-electron chi connectivity index (χ3n) is 7.83. The first-order valence-corrected chi connectivity index (χ1v) is 14.4. The molecule has 0 radical (unpaired) electrons. The Hall–Kier alpha value is -4.36. The van der Waals surface area contributed by atoms with Crippen molar-refractivity contribution in [3.63, 3.8) is 0 Å². The van der Waals surface area contributed by atoms with E-state index in [9.17, 15) is 24.3 Å². The Morgan fingerprint density at radius 2 is 1.33 bits per heavy atom. The van der Waals surface area contributed by atoms with Crippen LogP contribution in [0.1, 0.15) is 106 Å². The first-order chi connectivity index (χ1) is 20.1. The number of carbonyl (C=O) groups is 4. The largest absolute Gasteiger partial charge is 0.479 e. The van der Waals surface area contributed by atoms with E-state index < -0.39 is 24.5 Å². The summed E-state index contributed by atoms with van der Waals surface area (Å²) in [6.07, 6.45) is 5.75. The number of allylic oxidation sites excluding steroid dienone is 2. The van der Waals surface area contributed by atoms with Gasteiger partial charge in [0, 0.05) is 22.3 Å². The van der Waals surface area contributed by atoms with Crippen molar-refractivity contribution in [3.05, 3.63) is 112 Å². The minimum Gasteiger partial charge on any atom is -0.479 e. The lowest BCUT2D eigenvalue weighted by Crippen LogP contribution is -2.36. The summed E-state index contributed by atoms with van der Waals surface area (Å²) in [5.74, 6) is -1.82. The number of rotatable bonds is 11. The van der Waals surface area contributed by atoms with E-state index in [1.54, 1.807) is 0 Å². The van der Waals surface area contributed by atoms with Crippen LogP contribution < -0.4 is 5.32 Å². The van der Waals surface area contributed by atoms with E-state index in [0.717, 1.165) is 5.56 Å². The summed E-state index contributed by atoms with van der Waals surface area (Å²) >= 11 is 0. The number of ketones is 2. The Kier molecular flexibility index (Phi) is 10.2. The number of hydrogen-bond acceptors (Lipinski definition) is 5. The maximum atomic E-state index is 13.7. The van der Waals surface area contributed by atoms with Gasteiger partial charge in [-0.05, 0) is 59.6 Å². The van der Waals surface area contributed by atoms with Crippen molar-refractivity contribution in [1.82, 2.24) is 5.32 Å². The number of carboxylic acid groups (broad SMARTS) is 1. The molecular weight excluding hydrogens is 530 g/mol. The standard InChI is InChI=1S/C35H37NO6/c1-22(2)23-8-12-26(13-9-23)30(20-31(37)27-14-10-25(11-15-27)24-6-4-3-5-7-24)33(39)28-16-18-29(19-17-28)34(40)36-21-32(38)35(41)42/h8-20,22,24,32,38H,3-7,21H2,1-2H3,(H,36,40)(H,41,42)/t32-/m1/s1. The molecule has 3 aromatic carbocycles. The summed E-state index contributed by atoms with van der Waals surface area (Å²) in [7, 11) is 0. The molecule has 7 heteroatoms. The zero-order valence-corrected chi connectivity index (χ0v) is 24.0. The number of aliphatic carboxylic acids is 1. The van der Waals surface area contributed by atoms with Crippen LogP contribution in [0.25, 0.3) is 5.57 Å². The van der Waals surface area contributed by atoms with E-state index >= 15 is 0 Å². The van der Waals surface area contributed by atoms with Gasteiger partial charge in [0.15, 0.2) is 17.7 Å². The molecule has 1 aliphatic carbocycles. The van der Waals surface area contributed by atoms with E-state index in [1.165, 1.54) is 68.0 Å². The molecule has 0 heterocycles. The highest BCUT2D eigenvalue weighted by Gasteiger charge is 2.20. The van der Waals surface area contributed by atoms with Gasteiger partial charge in [0.05, 0.1) is 6.54 Å². The number of hydrogen-bond donors (Lipinski definition) is 3. The van der Waals surface area contributed by atoms with E-state index in [0.29, 0.717) is 23.0 Å². The molecule has 1 saturated carbocycles. The minimum atomic E-state index is -1.72. The van der Waals surface area contributed by atoms with Crippen molar-refractivity contribution in [3.8, 4) is 0 Å². The quantitative estimate of drug-likeness (QED) is 0.188. The van der Waals surface area contributed by atoms with Gasteiger partial charge in [-0.2, -0.15) is 0 Å². The molecule has 1 atom stereocenters. The molecule has 3 aromatic rings. The molecule has 0 bridgehead atoms. The topological polar surface area (TPSA) is 121 Å². The van der Waals surface area contributed by atoms with Crippen molar-refractivity contribution >= 4 is 29.0 Å². The average molecular weight is 568 g/mol. The molecule has 0 spiro atoms. The second-order valence-corrected chi connectivity index (χ2v) is 11.1. The predicted molar refractivity (Wildman–Crippen MR) is 162 cm³/mol. The highest BCUT2D eigenvalue weighted by molar-refractivity contribution is 6.32. The Bertz CT molecular complexity index is 1450. The van der Waals surface area contributed by atoms with Gasteiger partial charge in [-0.1, -0.05) is 93.8 Å². The van der Waals surface area contributed by atoms with E-state index in [4.69, 9.17) is 5.11 Å². The third-order valence-corrected chi connectivity index (χ3v) is 7.83. The molecule has 42 heavy (non-hydrogen) atoms. The molecule has 0 saturated heterocycles. The zero-order valence-electron chi connectivity index (χ0n) is 24.0. The van der Waals surface area contributed by atoms with E-state index in [1.807, 2.05) is 48.5 Å². The van der Waals surface area contributed by atoms with Crippen LogP contribution >= 0.6 is 0 Å². The van der Waals surface area contributed by atoms with Gasteiger partial charge >= 0.3 is 5.97 Å². The molecule has 218 valence electrons. The van der Waals surface area contributed by atoms with Crippen LogP contribution in [-0.4, -0.2) is 46.3 Å². The number of nitrogens with one attached hydrogen (secondary N) is 1. The van der Waals surface area contributed by atoms with E-state index in [-0.39, 0.29) is 28.3 Å². The molecule has 1 amide bonds. The summed E-state index contributed by atoms with van der Waals surface area (Å²) in [6.45, 7) is 3.72. The van der Waals surface area contributed by atoms with Crippen LogP contribution in [0, 0.1) is 0 Å². The van der Waals surface area contributed by atoms with Crippen molar-refractivity contribution in [1.29, 1.82) is 0 Å². The molecular formula is C35H37NO6. The van der Waals surface area contributed by atoms with Gasteiger partial charge in [0.2, 0.25) is 0 Å². The van der Waals surface area contributed by atoms with Crippen LogP contribution in [0.2, 0.25) is 0 Å². The number of aliphatic hydroxyl groups is 1. The first kappa shape index (κ1) is 30.6. The number of carboxylic acids is 1. The maximum absolute atomic E-state index is 13.7. The normalized spacial score (nSPS) is 14.8. The summed E-state index contributed by atoms with van der Waals surface area (Å²) < 4.78 is 0. The highest BCUT2D eigenvalue weighted by atomic mass is 16.4. The molecule has 4 rings (SSSR count). The smallest absolute Gasteiger partial charge is 0.334 e. The lowest BCUT2D eigenvalue weighted by molar-refractivity contribution is -0.146. The van der Waals surface area contributed by atoms with Crippen LogP contribution in [0.5, 0.6) is 0 Å². The van der Waals surface area contributed by atoms with Crippen molar-refractivity contribution in [2.24, 2.45) is 0 Å². The lowest BCUT2D eigenvalue weighted by Gasteiger charge is -2.22. The van der Waals surface area contributed by atoms with Crippen molar-refractivity contribution < 1.29 is 29.4 Å². The van der Waals surface area contributed by atoms with Gasteiger partial charge in [-0.3, -0.25) is 14.4 Å². The Balaban J connectivity index is 1.59. The van der Waals surface area contributed by atoms with Crippen LogP contribution in [0.15, 0.2) is 78.9 Å². The van der Waals surface area contributed by atoms with E-state index in [2.05, 4.69) is 19.2 Å². The van der Waals surface area contributed by atoms with Gasteiger partial charge in [-0.15, -0.1) is 0 Å². The highest BCUT2D eigenvalue weighted by Crippen LogP contribution is 2.33. The molecule has 3 N–H and O–H groups in total. The fourth-order valence-electron chi connectivity index (χ4n) is 5.20. The minimum absolute atomic E-state index is 0.199. The predicted octanol–water partition coefficient (Wildman–Crippen LogP) is 6.18. The molecule has 1 fully saturated rings. The molecule has 0 aromatic heterocycles. The number of Topliss-reactive ketones (excluding diaryl/α,β-unsaturated/α-hetero) is 1. The summed E-state index contributed by atoms with van der Waals surface area (Å²) in [4.78, 5) is 50.3. The number of aliphatic hydroxyl groups excluding tert-OH is 1. The maximum Gasteiger partial charge on any atom is 0.334 e. The monoisotopic (exact) mass is 567 g/mol. The first-order valence-electron chi connectivity index (χ1n) is 14.4. The van der Waals surface area contributed by atoms with Gasteiger partial charge < -0.3 is 15.5 Å². The van der Waals surface area contributed by atoms with Crippen LogP contribution in [-0.2, 0) is 4.79 Å². The second-order valence-electron chi connectivity index (χ2n) is 11.1. The van der Waals surface area contributed by atoms with Crippen LogP contribution in [0.4, 0.5) is 0 Å². The third kappa shape index (κ3) is 7.68. The van der Waals surface area contributed by atoms with Gasteiger partial charge in [0.1, 0.15) is 0 Å². The molecule has 7 nitrogen and oxygen atoms in total. The Labute approximate surface area is 246 Å². The summed E-state index contributed by atoms with van der Waals surface area (Å²) in [5, 5.41) is 20.5. The van der Waals surface area contributed by atoms with Crippen molar-refractivity contribution in [2.45, 2.75) is 63.9 Å². The number of amides is 1. The number of benzene rings is 3. The molecule has 1 aliphatic rings. The fraction of sp³-hybridized carbons (Fsp3) is 0.314. The van der Waals surface area contributed by atoms with Crippen LogP contribution in [0.3, 0.4) is 0 Å². The summed E-state index contributed by atoms with van der Waals surface area (Å²) in [6, 6.07) is 21.2. The van der Waals surface area contributed by atoms with Gasteiger partial charge in [-0.25, -0.2) is 4.79 Å². The molecule has 0 aliphatic heterocycles. The lowest BCUT2D eigenvalue weighted by atomic mass is 9.84. The Morgan fingerprint density at radius 3 is 1.90 bits per heavy atom. The fourth-order valence-corrected chi connectivity index (χ4v) is 5.20. The molecule has 0 unspecified atom stereocenters. The Morgan fingerprint density at radius 1 is 0.786 bits per heavy atom. The zero-order chi connectivity index (χ0) is 30.2.